The fourth-order valence-corrected chi connectivity index (χ4v) is 3.30. The summed E-state index contributed by atoms with van der Waals surface area (Å²) < 4.78 is 7.82. The van der Waals surface area contributed by atoms with Crippen LogP contribution in [0.2, 0.25) is 0 Å². The summed E-state index contributed by atoms with van der Waals surface area (Å²) in [6.45, 7) is 7.53. The minimum Gasteiger partial charge on any atom is -0.339 e. The van der Waals surface area contributed by atoms with Crippen LogP contribution < -0.4 is 0 Å². The highest BCUT2D eigenvalue weighted by Crippen LogP contribution is 2.33. The molecule has 0 aliphatic carbocycles. The molecular weight excluding hydrogens is 314 g/mol. The summed E-state index contributed by atoms with van der Waals surface area (Å²) in [7, 11) is 0. The first kappa shape index (κ1) is 16.0. The molecule has 6 heteroatoms. The number of rotatable bonds is 4. The summed E-state index contributed by atoms with van der Waals surface area (Å²) in [5, 5.41) is 13.0. The number of benzene rings is 1. The van der Waals surface area contributed by atoms with Gasteiger partial charge in [-0.3, -0.25) is 0 Å². The van der Waals surface area contributed by atoms with E-state index in [0.717, 1.165) is 43.0 Å². The molecule has 1 aromatic carbocycles. The molecule has 1 aliphatic rings. The lowest BCUT2D eigenvalue weighted by atomic mass is 9.88. The Labute approximate surface area is 147 Å². The standard InChI is InChI=1S/C19H23N5O/c1-4-19(2,3)18-22-21-15-12-14(10-11-24(15)18)17-20-16(23-25-17)13-8-6-5-7-9-13/h5-9,14H,4,10-12H2,1-3H3. The molecule has 1 aliphatic heterocycles. The van der Waals surface area contributed by atoms with E-state index in [-0.39, 0.29) is 11.3 Å². The van der Waals surface area contributed by atoms with Gasteiger partial charge in [0, 0.05) is 29.9 Å². The molecule has 0 saturated carbocycles. The Hall–Kier alpha value is -2.50. The van der Waals surface area contributed by atoms with Gasteiger partial charge < -0.3 is 9.09 Å². The normalized spacial score (nSPS) is 17.5. The van der Waals surface area contributed by atoms with Gasteiger partial charge in [-0.2, -0.15) is 4.98 Å². The van der Waals surface area contributed by atoms with Gasteiger partial charge in [0.15, 0.2) is 0 Å². The van der Waals surface area contributed by atoms with Crippen LogP contribution in [0.25, 0.3) is 11.4 Å². The average molecular weight is 337 g/mol. The third-order valence-corrected chi connectivity index (χ3v) is 5.27. The Morgan fingerprint density at radius 1 is 1.20 bits per heavy atom. The second kappa shape index (κ2) is 6.10. The molecule has 0 radical (unpaired) electrons. The summed E-state index contributed by atoms with van der Waals surface area (Å²) in [6, 6.07) is 9.92. The molecule has 1 unspecified atom stereocenters. The highest BCUT2D eigenvalue weighted by atomic mass is 16.5. The second-order valence-electron chi connectivity index (χ2n) is 7.34. The first-order chi connectivity index (χ1) is 12.1. The molecule has 0 amide bonds. The van der Waals surface area contributed by atoms with Crippen molar-refractivity contribution in [1.29, 1.82) is 0 Å². The van der Waals surface area contributed by atoms with Crippen LogP contribution in [0.15, 0.2) is 34.9 Å². The number of fused-ring (bicyclic) bond motifs is 1. The van der Waals surface area contributed by atoms with Crippen molar-refractivity contribution in [3.05, 3.63) is 47.9 Å². The topological polar surface area (TPSA) is 69.6 Å². The summed E-state index contributed by atoms with van der Waals surface area (Å²) in [6.07, 6.45) is 2.80. The minimum atomic E-state index is 0.0447. The van der Waals surface area contributed by atoms with Crippen molar-refractivity contribution in [2.75, 3.05) is 0 Å². The average Bonchev–Trinajstić information content (AvgIpc) is 3.29. The van der Waals surface area contributed by atoms with Crippen LogP contribution in [0.5, 0.6) is 0 Å². The lowest BCUT2D eigenvalue weighted by molar-refractivity contribution is 0.317. The highest BCUT2D eigenvalue weighted by Gasteiger charge is 2.32. The van der Waals surface area contributed by atoms with Crippen molar-refractivity contribution in [2.24, 2.45) is 0 Å². The Morgan fingerprint density at radius 2 is 2.00 bits per heavy atom. The van der Waals surface area contributed by atoms with E-state index in [1.165, 1.54) is 0 Å². The predicted molar refractivity (Wildman–Crippen MR) is 94.1 cm³/mol. The monoisotopic (exact) mass is 337 g/mol. The van der Waals surface area contributed by atoms with Gasteiger partial charge in [0.25, 0.3) is 0 Å². The largest absolute Gasteiger partial charge is 0.339 e. The van der Waals surface area contributed by atoms with E-state index in [9.17, 15) is 0 Å². The summed E-state index contributed by atoms with van der Waals surface area (Å²) in [5.74, 6) is 3.66. The molecule has 4 rings (SSSR count). The molecule has 0 saturated heterocycles. The number of hydrogen-bond donors (Lipinski definition) is 0. The van der Waals surface area contributed by atoms with Crippen LogP contribution in [-0.4, -0.2) is 24.9 Å². The van der Waals surface area contributed by atoms with Crippen LogP contribution in [0, 0.1) is 0 Å². The Bertz CT molecular complexity index is 865. The van der Waals surface area contributed by atoms with Crippen LogP contribution in [0.1, 0.15) is 57.1 Å². The zero-order chi connectivity index (χ0) is 17.4. The Morgan fingerprint density at radius 3 is 2.76 bits per heavy atom. The van der Waals surface area contributed by atoms with Crippen LogP contribution in [0.4, 0.5) is 0 Å². The van der Waals surface area contributed by atoms with E-state index in [0.29, 0.717) is 11.7 Å². The summed E-state index contributed by atoms with van der Waals surface area (Å²) in [5.41, 5.74) is 1.02. The van der Waals surface area contributed by atoms with Crippen molar-refractivity contribution in [3.8, 4) is 11.4 Å². The van der Waals surface area contributed by atoms with Gasteiger partial charge in [0.05, 0.1) is 0 Å². The van der Waals surface area contributed by atoms with E-state index in [1.54, 1.807) is 0 Å². The van der Waals surface area contributed by atoms with Crippen LogP contribution >= 0.6 is 0 Å². The van der Waals surface area contributed by atoms with Gasteiger partial charge in [-0.15, -0.1) is 10.2 Å². The number of nitrogens with zero attached hydrogens (tertiary/aromatic N) is 5. The van der Waals surface area contributed by atoms with E-state index in [4.69, 9.17) is 4.52 Å². The molecular formula is C19H23N5O. The number of hydrogen-bond acceptors (Lipinski definition) is 5. The quantitative estimate of drug-likeness (QED) is 0.725. The molecule has 2 aromatic heterocycles. The molecule has 0 fully saturated rings. The van der Waals surface area contributed by atoms with Crippen LogP contribution in [0.3, 0.4) is 0 Å². The Kier molecular flexibility index (Phi) is 3.90. The molecule has 0 bridgehead atoms. The molecule has 0 N–H and O–H groups in total. The molecule has 3 aromatic rings. The molecule has 130 valence electrons. The van der Waals surface area contributed by atoms with Gasteiger partial charge in [0.2, 0.25) is 11.7 Å². The molecule has 1 atom stereocenters. The van der Waals surface area contributed by atoms with Crippen LogP contribution in [-0.2, 0) is 18.4 Å². The Balaban J connectivity index is 1.57. The van der Waals surface area contributed by atoms with Crippen molar-refractivity contribution < 1.29 is 4.52 Å². The summed E-state index contributed by atoms with van der Waals surface area (Å²) in [4.78, 5) is 4.61. The maximum atomic E-state index is 5.55. The minimum absolute atomic E-state index is 0.0447. The van der Waals surface area contributed by atoms with Gasteiger partial charge in [0.1, 0.15) is 11.6 Å². The van der Waals surface area contributed by atoms with E-state index in [2.05, 4.69) is 45.7 Å². The zero-order valence-corrected chi connectivity index (χ0v) is 14.9. The van der Waals surface area contributed by atoms with Crippen molar-refractivity contribution in [1.82, 2.24) is 24.9 Å². The predicted octanol–water partition coefficient (Wildman–Crippen LogP) is 3.75. The highest BCUT2D eigenvalue weighted by molar-refractivity contribution is 5.53. The SMILES string of the molecule is CCC(C)(C)c1nnc2n1CCC(c1nc(-c3ccccc3)no1)C2. The smallest absolute Gasteiger partial charge is 0.230 e. The lowest BCUT2D eigenvalue weighted by Gasteiger charge is -2.26. The molecule has 25 heavy (non-hydrogen) atoms. The van der Waals surface area contributed by atoms with Crippen molar-refractivity contribution >= 4 is 0 Å². The fourth-order valence-electron chi connectivity index (χ4n) is 3.30. The number of aromatic nitrogens is 5. The molecule has 3 heterocycles. The lowest BCUT2D eigenvalue weighted by Crippen LogP contribution is -2.26. The first-order valence-corrected chi connectivity index (χ1v) is 8.90. The maximum Gasteiger partial charge on any atom is 0.230 e. The van der Waals surface area contributed by atoms with Gasteiger partial charge in [-0.05, 0) is 12.8 Å². The molecule has 0 spiro atoms. The van der Waals surface area contributed by atoms with E-state index >= 15 is 0 Å². The third kappa shape index (κ3) is 2.86. The third-order valence-electron chi connectivity index (χ3n) is 5.27. The van der Waals surface area contributed by atoms with Gasteiger partial charge >= 0.3 is 0 Å². The van der Waals surface area contributed by atoms with Crippen molar-refractivity contribution in [2.45, 2.75) is 57.9 Å². The van der Waals surface area contributed by atoms with Gasteiger partial charge in [-0.25, -0.2) is 0 Å². The van der Waals surface area contributed by atoms with E-state index < -0.39 is 0 Å². The summed E-state index contributed by atoms with van der Waals surface area (Å²) >= 11 is 0. The maximum absolute atomic E-state index is 5.55. The fraction of sp³-hybridized carbons (Fsp3) is 0.474. The second-order valence-corrected chi connectivity index (χ2v) is 7.34. The van der Waals surface area contributed by atoms with Gasteiger partial charge in [-0.1, -0.05) is 56.3 Å². The first-order valence-electron chi connectivity index (χ1n) is 8.90. The van der Waals surface area contributed by atoms with Crippen molar-refractivity contribution in [3.63, 3.8) is 0 Å². The van der Waals surface area contributed by atoms with E-state index in [1.807, 2.05) is 30.3 Å². The zero-order valence-electron chi connectivity index (χ0n) is 14.9. The molecule has 6 nitrogen and oxygen atoms in total.